The van der Waals surface area contributed by atoms with E-state index < -0.39 is 10.0 Å². The Kier molecular flexibility index (Phi) is 6.45. The Hall–Kier alpha value is -1.62. The molecule has 0 fully saturated rings. The number of rotatable bonds is 8. The zero-order chi connectivity index (χ0) is 15.0. The molecule has 7 heteroatoms. The highest BCUT2D eigenvalue weighted by Gasteiger charge is 2.17. The number of nitrogens with zero attached hydrogens (tertiary/aromatic N) is 1. The molecule has 4 N–H and O–H groups in total. The van der Waals surface area contributed by atoms with Crippen molar-refractivity contribution in [3.05, 3.63) is 23.8 Å². The lowest BCUT2D eigenvalue weighted by atomic mass is 10.2. The van der Waals surface area contributed by atoms with Gasteiger partial charge in [-0.25, -0.2) is 13.1 Å². The molecule has 0 saturated heterocycles. The van der Waals surface area contributed by atoms with Crippen LogP contribution in [0.2, 0.25) is 0 Å². The van der Waals surface area contributed by atoms with Gasteiger partial charge >= 0.3 is 0 Å². The Morgan fingerprint density at radius 1 is 1.25 bits per heavy atom. The van der Waals surface area contributed by atoms with Gasteiger partial charge < -0.3 is 10.8 Å². The number of hydrogen-bond donors (Lipinski definition) is 3. The lowest BCUT2D eigenvalue weighted by molar-refractivity contribution is 0.282. The normalized spacial score (nSPS) is 11.2. The number of nitriles is 1. The summed E-state index contributed by atoms with van der Waals surface area (Å²) < 4.78 is 26.6. The van der Waals surface area contributed by atoms with Crippen LogP contribution in [0.3, 0.4) is 0 Å². The van der Waals surface area contributed by atoms with Crippen LogP contribution in [0.15, 0.2) is 23.1 Å². The van der Waals surface area contributed by atoms with Crippen molar-refractivity contribution in [3.8, 4) is 6.07 Å². The predicted octanol–water partition coefficient (Wildman–Crippen LogP) is 0.971. The molecular formula is C13H19N3O3S. The number of sulfonamides is 1. The van der Waals surface area contributed by atoms with E-state index in [1.807, 2.05) is 6.07 Å². The SMILES string of the molecule is N#Cc1cc(N)ccc1S(=O)(=O)NCCCCCCO. The van der Waals surface area contributed by atoms with Crippen molar-refractivity contribution in [2.24, 2.45) is 0 Å². The van der Waals surface area contributed by atoms with Gasteiger partial charge in [-0.05, 0) is 31.0 Å². The quantitative estimate of drug-likeness (QED) is 0.488. The van der Waals surface area contributed by atoms with Crippen molar-refractivity contribution in [2.75, 3.05) is 18.9 Å². The fourth-order valence-electron chi connectivity index (χ4n) is 1.74. The van der Waals surface area contributed by atoms with Crippen molar-refractivity contribution < 1.29 is 13.5 Å². The van der Waals surface area contributed by atoms with Gasteiger partial charge in [-0.1, -0.05) is 12.8 Å². The molecule has 0 atom stereocenters. The molecule has 0 heterocycles. The van der Waals surface area contributed by atoms with Gasteiger partial charge in [0.1, 0.15) is 6.07 Å². The molecule has 0 spiro atoms. The molecule has 6 nitrogen and oxygen atoms in total. The molecule has 0 saturated carbocycles. The topological polar surface area (TPSA) is 116 Å². The number of nitrogen functional groups attached to an aromatic ring is 1. The fourth-order valence-corrected chi connectivity index (χ4v) is 2.95. The van der Waals surface area contributed by atoms with Gasteiger partial charge in [-0.3, -0.25) is 0 Å². The molecule has 1 rings (SSSR count). The smallest absolute Gasteiger partial charge is 0.241 e. The summed E-state index contributed by atoms with van der Waals surface area (Å²) in [4.78, 5) is -0.0513. The van der Waals surface area contributed by atoms with Crippen LogP contribution in [-0.4, -0.2) is 26.7 Å². The molecule has 0 aliphatic rings. The number of aliphatic hydroxyl groups is 1. The largest absolute Gasteiger partial charge is 0.399 e. The summed E-state index contributed by atoms with van der Waals surface area (Å²) in [5.41, 5.74) is 5.92. The summed E-state index contributed by atoms with van der Waals surface area (Å²) in [7, 11) is -3.69. The summed E-state index contributed by atoms with van der Waals surface area (Å²) in [6.45, 7) is 0.464. The van der Waals surface area contributed by atoms with Crippen LogP contribution in [0.4, 0.5) is 5.69 Å². The lowest BCUT2D eigenvalue weighted by Crippen LogP contribution is -2.25. The number of anilines is 1. The van der Waals surface area contributed by atoms with Gasteiger partial charge in [0.2, 0.25) is 10.0 Å². The third-order valence-corrected chi connectivity index (χ3v) is 4.31. The number of hydrogen-bond acceptors (Lipinski definition) is 5. The van der Waals surface area contributed by atoms with E-state index in [1.165, 1.54) is 18.2 Å². The highest BCUT2D eigenvalue weighted by atomic mass is 32.2. The first kappa shape index (κ1) is 16.4. The van der Waals surface area contributed by atoms with E-state index in [-0.39, 0.29) is 17.1 Å². The third kappa shape index (κ3) is 4.81. The molecule has 1 aromatic rings. The van der Waals surface area contributed by atoms with Gasteiger partial charge in [0, 0.05) is 18.8 Å². The van der Waals surface area contributed by atoms with Crippen molar-refractivity contribution in [1.82, 2.24) is 4.72 Å². The van der Waals surface area contributed by atoms with E-state index in [4.69, 9.17) is 16.1 Å². The van der Waals surface area contributed by atoms with E-state index >= 15 is 0 Å². The number of unbranched alkanes of at least 4 members (excludes halogenated alkanes) is 3. The highest BCUT2D eigenvalue weighted by molar-refractivity contribution is 7.89. The van der Waals surface area contributed by atoms with Crippen LogP contribution in [0.1, 0.15) is 31.2 Å². The minimum Gasteiger partial charge on any atom is -0.399 e. The van der Waals surface area contributed by atoms with Crippen LogP contribution < -0.4 is 10.5 Å². The number of aliphatic hydroxyl groups excluding tert-OH is 1. The molecule has 0 aliphatic carbocycles. The molecule has 0 aliphatic heterocycles. The monoisotopic (exact) mass is 297 g/mol. The van der Waals surface area contributed by atoms with Crippen molar-refractivity contribution in [1.29, 1.82) is 5.26 Å². The Morgan fingerprint density at radius 3 is 2.60 bits per heavy atom. The summed E-state index contributed by atoms with van der Waals surface area (Å²) in [6, 6.07) is 5.97. The van der Waals surface area contributed by atoms with E-state index in [9.17, 15) is 8.42 Å². The van der Waals surface area contributed by atoms with Gasteiger partial charge in [-0.15, -0.1) is 0 Å². The van der Waals surface area contributed by atoms with E-state index in [2.05, 4.69) is 4.72 Å². The van der Waals surface area contributed by atoms with E-state index in [0.717, 1.165) is 19.3 Å². The number of nitrogens with one attached hydrogen (secondary N) is 1. The summed E-state index contributed by atoms with van der Waals surface area (Å²) in [6.07, 6.45) is 3.12. The Bertz CT molecular complexity index is 579. The molecule has 0 unspecified atom stereocenters. The van der Waals surface area contributed by atoms with Crippen molar-refractivity contribution in [3.63, 3.8) is 0 Å². The molecule has 1 aromatic carbocycles. The maximum atomic E-state index is 12.1. The fraction of sp³-hybridized carbons (Fsp3) is 0.462. The summed E-state index contributed by atoms with van der Waals surface area (Å²) >= 11 is 0. The molecular weight excluding hydrogens is 278 g/mol. The minimum atomic E-state index is -3.69. The second kappa shape index (κ2) is 7.85. The molecule has 0 amide bonds. The Balaban J connectivity index is 2.63. The molecule has 0 bridgehead atoms. The molecule has 0 radical (unpaired) electrons. The number of benzene rings is 1. The first-order chi connectivity index (χ1) is 9.51. The zero-order valence-electron chi connectivity index (χ0n) is 11.2. The van der Waals surface area contributed by atoms with Gasteiger partial charge in [0.05, 0.1) is 10.5 Å². The zero-order valence-corrected chi connectivity index (χ0v) is 12.0. The third-order valence-electron chi connectivity index (χ3n) is 2.79. The lowest BCUT2D eigenvalue weighted by Gasteiger charge is -2.08. The highest BCUT2D eigenvalue weighted by Crippen LogP contribution is 2.17. The molecule has 0 aromatic heterocycles. The maximum absolute atomic E-state index is 12.1. The van der Waals surface area contributed by atoms with Crippen LogP contribution in [0.25, 0.3) is 0 Å². The average Bonchev–Trinajstić information content (AvgIpc) is 2.42. The number of nitrogens with two attached hydrogens (primary N) is 1. The van der Waals surface area contributed by atoms with E-state index in [0.29, 0.717) is 18.7 Å². The predicted molar refractivity (Wildman–Crippen MR) is 76.3 cm³/mol. The Labute approximate surface area is 119 Å². The van der Waals surface area contributed by atoms with Gasteiger partial charge in [0.25, 0.3) is 0 Å². The summed E-state index contributed by atoms with van der Waals surface area (Å²) in [5, 5.41) is 17.6. The van der Waals surface area contributed by atoms with Crippen LogP contribution in [0, 0.1) is 11.3 Å². The van der Waals surface area contributed by atoms with Gasteiger partial charge in [-0.2, -0.15) is 5.26 Å². The van der Waals surface area contributed by atoms with E-state index in [1.54, 1.807) is 0 Å². The van der Waals surface area contributed by atoms with Crippen LogP contribution >= 0.6 is 0 Å². The second-order valence-corrected chi connectivity index (χ2v) is 6.14. The average molecular weight is 297 g/mol. The van der Waals surface area contributed by atoms with Crippen LogP contribution in [0.5, 0.6) is 0 Å². The first-order valence-electron chi connectivity index (χ1n) is 6.41. The minimum absolute atomic E-state index is 0.0396. The van der Waals surface area contributed by atoms with Gasteiger partial charge in [0.15, 0.2) is 0 Å². The van der Waals surface area contributed by atoms with Crippen LogP contribution in [-0.2, 0) is 10.0 Å². The van der Waals surface area contributed by atoms with Crippen molar-refractivity contribution in [2.45, 2.75) is 30.6 Å². The first-order valence-corrected chi connectivity index (χ1v) is 7.89. The summed E-state index contributed by atoms with van der Waals surface area (Å²) in [5.74, 6) is 0. The standard InChI is InChI=1S/C13H19N3O3S/c14-10-11-9-12(15)5-6-13(11)20(18,19)16-7-3-1-2-4-8-17/h5-6,9,16-17H,1-4,7-8,15H2. The molecule has 110 valence electrons. The maximum Gasteiger partial charge on any atom is 0.241 e. The second-order valence-electron chi connectivity index (χ2n) is 4.40. The molecule has 20 heavy (non-hydrogen) atoms. The van der Waals surface area contributed by atoms with Crippen molar-refractivity contribution >= 4 is 15.7 Å². The Morgan fingerprint density at radius 2 is 1.95 bits per heavy atom.